The number of carbonyl (C=O) groups is 1. The summed E-state index contributed by atoms with van der Waals surface area (Å²) in [4.78, 5) is 11.4. The Balaban J connectivity index is 2.53. The van der Waals surface area contributed by atoms with E-state index in [-0.39, 0.29) is 5.78 Å². The Hall–Kier alpha value is -0.770. The lowest BCUT2D eigenvalue weighted by molar-refractivity contribution is 0.0989. The van der Waals surface area contributed by atoms with Crippen LogP contribution in [0.2, 0.25) is 0 Å². The van der Waals surface area contributed by atoms with Crippen molar-refractivity contribution in [1.29, 1.82) is 0 Å². The van der Waals surface area contributed by atoms with Crippen LogP contribution in [0.1, 0.15) is 16.8 Å². The summed E-state index contributed by atoms with van der Waals surface area (Å²) in [6.07, 6.45) is 5.97. The first-order chi connectivity index (χ1) is 5.74. The molecule has 4 heteroatoms. The Morgan fingerprint density at radius 2 is 2.50 bits per heavy atom. The predicted molar refractivity (Wildman–Crippen MR) is 50.5 cm³/mol. The smallest absolute Gasteiger partial charge is 0.166 e. The van der Waals surface area contributed by atoms with Crippen LogP contribution in [0.3, 0.4) is 0 Å². The summed E-state index contributed by atoms with van der Waals surface area (Å²) in [7, 11) is 1.81. The molecule has 66 valence electrons. The van der Waals surface area contributed by atoms with E-state index in [4.69, 9.17) is 0 Å². The van der Waals surface area contributed by atoms with Gasteiger partial charge in [-0.3, -0.25) is 9.48 Å². The van der Waals surface area contributed by atoms with E-state index in [2.05, 4.69) is 5.10 Å². The van der Waals surface area contributed by atoms with E-state index in [1.165, 1.54) is 0 Å². The van der Waals surface area contributed by atoms with Crippen molar-refractivity contribution in [3.8, 4) is 0 Å². The van der Waals surface area contributed by atoms with Gasteiger partial charge in [0.15, 0.2) is 5.78 Å². The third-order valence-corrected chi connectivity index (χ3v) is 2.17. The van der Waals surface area contributed by atoms with Crippen molar-refractivity contribution in [2.45, 2.75) is 6.42 Å². The lowest BCUT2D eigenvalue weighted by Crippen LogP contribution is -1.98. The summed E-state index contributed by atoms with van der Waals surface area (Å²) >= 11 is 1.68. The lowest BCUT2D eigenvalue weighted by atomic mass is 10.2. The summed E-state index contributed by atoms with van der Waals surface area (Å²) in [5.74, 6) is 1.06. The maximum absolute atomic E-state index is 11.4. The van der Waals surface area contributed by atoms with Gasteiger partial charge >= 0.3 is 0 Å². The maximum Gasteiger partial charge on any atom is 0.166 e. The van der Waals surface area contributed by atoms with Gasteiger partial charge in [-0.15, -0.1) is 0 Å². The van der Waals surface area contributed by atoms with Gasteiger partial charge < -0.3 is 0 Å². The molecular formula is C8H12N2OS. The van der Waals surface area contributed by atoms with E-state index in [0.717, 1.165) is 5.75 Å². The van der Waals surface area contributed by atoms with Gasteiger partial charge in [-0.1, -0.05) is 0 Å². The second-order valence-electron chi connectivity index (χ2n) is 2.57. The zero-order valence-electron chi connectivity index (χ0n) is 7.28. The second kappa shape index (κ2) is 4.30. The van der Waals surface area contributed by atoms with Crippen LogP contribution in [-0.4, -0.2) is 27.6 Å². The highest BCUT2D eigenvalue weighted by Crippen LogP contribution is 2.04. The van der Waals surface area contributed by atoms with Crippen molar-refractivity contribution < 1.29 is 4.79 Å². The zero-order valence-corrected chi connectivity index (χ0v) is 8.10. The minimum absolute atomic E-state index is 0.178. The average Bonchev–Trinajstić information content (AvgIpc) is 2.47. The first kappa shape index (κ1) is 9.32. The van der Waals surface area contributed by atoms with Crippen LogP contribution >= 0.6 is 11.8 Å². The molecule has 0 saturated carbocycles. The topological polar surface area (TPSA) is 34.9 Å². The minimum atomic E-state index is 0.178. The third-order valence-electron chi connectivity index (χ3n) is 1.56. The van der Waals surface area contributed by atoms with Crippen molar-refractivity contribution in [2.75, 3.05) is 12.0 Å². The Kier molecular flexibility index (Phi) is 3.34. The van der Waals surface area contributed by atoms with E-state index >= 15 is 0 Å². The van der Waals surface area contributed by atoms with Crippen LogP contribution in [0, 0.1) is 0 Å². The Morgan fingerprint density at radius 3 is 3.00 bits per heavy atom. The van der Waals surface area contributed by atoms with E-state index in [1.807, 2.05) is 13.3 Å². The SMILES string of the molecule is CSCCC(=O)c1cnn(C)c1. The van der Waals surface area contributed by atoms with Crippen molar-refractivity contribution in [3.63, 3.8) is 0 Å². The van der Waals surface area contributed by atoms with Crippen LogP contribution in [0.5, 0.6) is 0 Å². The number of Topliss-reactive ketones (excluding diaryl/α,β-unsaturated/α-hetero) is 1. The van der Waals surface area contributed by atoms with Gasteiger partial charge in [0.1, 0.15) is 0 Å². The van der Waals surface area contributed by atoms with Gasteiger partial charge in [-0.25, -0.2) is 0 Å². The van der Waals surface area contributed by atoms with Crippen molar-refractivity contribution in [1.82, 2.24) is 9.78 Å². The first-order valence-corrected chi connectivity index (χ1v) is 5.14. The number of thioether (sulfide) groups is 1. The number of rotatable bonds is 4. The molecule has 0 saturated heterocycles. The summed E-state index contributed by atoms with van der Waals surface area (Å²) in [5, 5.41) is 3.93. The average molecular weight is 184 g/mol. The summed E-state index contributed by atoms with van der Waals surface area (Å²) in [5.41, 5.74) is 0.714. The standard InChI is InChI=1S/C8H12N2OS/c1-10-6-7(5-9-10)8(11)3-4-12-2/h5-6H,3-4H2,1-2H3. The van der Waals surface area contributed by atoms with Gasteiger partial charge in [-0.05, 0) is 6.26 Å². The summed E-state index contributed by atoms with van der Waals surface area (Å²) in [6, 6.07) is 0. The second-order valence-corrected chi connectivity index (χ2v) is 3.55. The van der Waals surface area contributed by atoms with Gasteiger partial charge in [0.05, 0.1) is 11.8 Å². The molecule has 0 N–H and O–H groups in total. The van der Waals surface area contributed by atoms with Gasteiger partial charge in [0.25, 0.3) is 0 Å². The van der Waals surface area contributed by atoms with Crippen molar-refractivity contribution >= 4 is 17.5 Å². The first-order valence-electron chi connectivity index (χ1n) is 3.75. The number of aryl methyl sites for hydroxylation is 1. The number of carbonyl (C=O) groups excluding carboxylic acids is 1. The Morgan fingerprint density at radius 1 is 1.75 bits per heavy atom. The molecule has 0 atom stereocenters. The van der Waals surface area contributed by atoms with E-state index in [1.54, 1.807) is 28.8 Å². The highest BCUT2D eigenvalue weighted by atomic mass is 32.2. The quantitative estimate of drug-likeness (QED) is 0.663. The summed E-state index contributed by atoms with van der Waals surface area (Å²) < 4.78 is 1.65. The summed E-state index contributed by atoms with van der Waals surface area (Å²) in [6.45, 7) is 0. The molecule has 1 rings (SSSR count). The van der Waals surface area contributed by atoms with Crippen molar-refractivity contribution in [3.05, 3.63) is 18.0 Å². The predicted octanol–water partition coefficient (Wildman–Crippen LogP) is 1.36. The number of nitrogens with zero attached hydrogens (tertiary/aromatic N) is 2. The van der Waals surface area contributed by atoms with Crippen LogP contribution in [0.15, 0.2) is 12.4 Å². The molecular weight excluding hydrogens is 172 g/mol. The number of hydrogen-bond acceptors (Lipinski definition) is 3. The van der Waals surface area contributed by atoms with E-state index in [0.29, 0.717) is 12.0 Å². The third kappa shape index (κ3) is 2.37. The molecule has 0 unspecified atom stereocenters. The number of hydrogen-bond donors (Lipinski definition) is 0. The fraction of sp³-hybridized carbons (Fsp3) is 0.500. The van der Waals surface area contributed by atoms with Crippen molar-refractivity contribution in [2.24, 2.45) is 7.05 Å². The molecule has 0 aliphatic carbocycles. The maximum atomic E-state index is 11.4. The molecule has 1 heterocycles. The molecule has 0 bridgehead atoms. The molecule has 0 radical (unpaired) electrons. The van der Waals surface area contributed by atoms with Gasteiger partial charge in [0.2, 0.25) is 0 Å². The monoisotopic (exact) mass is 184 g/mol. The lowest BCUT2D eigenvalue weighted by Gasteiger charge is -1.93. The molecule has 0 aliphatic heterocycles. The normalized spacial score (nSPS) is 10.2. The molecule has 3 nitrogen and oxygen atoms in total. The fourth-order valence-electron chi connectivity index (χ4n) is 0.904. The molecule has 1 aromatic rings. The highest BCUT2D eigenvalue weighted by molar-refractivity contribution is 7.98. The molecule has 1 aromatic heterocycles. The molecule has 0 fully saturated rings. The minimum Gasteiger partial charge on any atom is -0.294 e. The van der Waals surface area contributed by atoms with Crippen LogP contribution in [0.25, 0.3) is 0 Å². The van der Waals surface area contributed by atoms with E-state index < -0.39 is 0 Å². The largest absolute Gasteiger partial charge is 0.294 e. The Labute approximate surface area is 76.1 Å². The van der Waals surface area contributed by atoms with E-state index in [9.17, 15) is 4.79 Å². The van der Waals surface area contributed by atoms with Gasteiger partial charge in [-0.2, -0.15) is 16.9 Å². The zero-order chi connectivity index (χ0) is 8.97. The molecule has 0 aromatic carbocycles. The van der Waals surface area contributed by atoms with Crippen LogP contribution in [0.4, 0.5) is 0 Å². The van der Waals surface area contributed by atoms with Crippen LogP contribution < -0.4 is 0 Å². The van der Waals surface area contributed by atoms with Crippen LogP contribution in [-0.2, 0) is 7.05 Å². The molecule has 0 amide bonds. The number of ketones is 1. The Bertz CT molecular complexity index is 270. The molecule has 0 spiro atoms. The number of aromatic nitrogens is 2. The molecule has 12 heavy (non-hydrogen) atoms. The van der Waals surface area contributed by atoms with Gasteiger partial charge in [0, 0.05) is 25.4 Å². The highest BCUT2D eigenvalue weighted by Gasteiger charge is 2.06. The fourth-order valence-corrected chi connectivity index (χ4v) is 1.29. The molecule has 0 aliphatic rings.